The molecule has 0 unspecified atom stereocenters. The van der Waals surface area contributed by atoms with Gasteiger partial charge in [0.2, 0.25) is 5.01 Å². The first-order chi connectivity index (χ1) is 7.13. The number of aromatic nitrogens is 1. The van der Waals surface area contributed by atoms with Crippen molar-refractivity contribution in [2.45, 2.75) is 12.7 Å². The van der Waals surface area contributed by atoms with Crippen LogP contribution in [-0.4, -0.2) is 22.7 Å². The third-order valence-corrected chi connectivity index (χ3v) is 3.00. The lowest BCUT2D eigenvalue weighted by Crippen LogP contribution is -2.05. The van der Waals surface area contributed by atoms with E-state index >= 15 is 0 Å². The van der Waals surface area contributed by atoms with Gasteiger partial charge in [-0.1, -0.05) is 11.8 Å². The summed E-state index contributed by atoms with van der Waals surface area (Å²) in [7, 11) is 0. The average molecular weight is 245 g/mol. The van der Waals surface area contributed by atoms with Gasteiger partial charge in [0.15, 0.2) is 5.17 Å². The molecule has 0 radical (unpaired) electrons. The molecule has 5 nitrogen and oxygen atoms in total. The number of ether oxygens (including phenoxy) is 1. The summed E-state index contributed by atoms with van der Waals surface area (Å²) in [5, 5.41) is 9.18. The number of hydrogen-bond acceptors (Lipinski definition) is 6. The van der Waals surface area contributed by atoms with E-state index < -0.39 is 5.97 Å². The fraction of sp³-hybridized carbons (Fsp3) is 0.375. The third kappa shape index (κ3) is 3.88. The zero-order chi connectivity index (χ0) is 11.3. The highest BCUT2D eigenvalue weighted by Crippen LogP contribution is 2.16. The topological polar surface area (TPSA) is 89.1 Å². The molecule has 0 bridgehead atoms. The van der Waals surface area contributed by atoms with Gasteiger partial charge in [0.25, 0.3) is 0 Å². The minimum Gasteiger partial charge on any atom is -0.461 e. The number of nitrogens with two attached hydrogens (primary N) is 1. The van der Waals surface area contributed by atoms with Crippen molar-refractivity contribution < 1.29 is 9.53 Å². The van der Waals surface area contributed by atoms with Crippen LogP contribution in [0.5, 0.6) is 0 Å². The van der Waals surface area contributed by atoms with Crippen molar-refractivity contribution in [1.82, 2.24) is 4.98 Å². The number of nitrogens with one attached hydrogen (secondary N) is 1. The smallest absolute Gasteiger partial charge is 0.367 e. The number of thiazole rings is 1. The number of amidine groups is 1. The predicted octanol–water partition coefficient (Wildman–Crippen LogP) is 1.45. The number of nitrogens with zero attached hydrogens (tertiary/aromatic N) is 1. The van der Waals surface area contributed by atoms with Crippen molar-refractivity contribution in [3.05, 3.63) is 16.1 Å². The van der Waals surface area contributed by atoms with Crippen LogP contribution in [0.3, 0.4) is 0 Å². The van der Waals surface area contributed by atoms with Gasteiger partial charge >= 0.3 is 5.97 Å². The molecule has 0 fully saturated rings. The highest BCUT2D eigenvalue weighted by atomic mass is 32.2. The Morgan fingerprint density at radius 3 is 3.13 bits per heavy atom. The van der Waals surface area contributed by atoms with Gasteiger partial charge in [-0.15, -0.1) is 11.3 Å². The Bertz CT molecular complexity index is 365. The standard InChI is InChI=1S/C8H11N3O2S2/c1-2-13-7(12)6-11-5(3-14-6)4-15-8(9)10/h3H,2,4H2,1H3,(H3,9,10). The Labute approximate surface area is 95.5 Å². The van der Waals surface area contributed by atoms with E-state index in [2.05, 4.69) is 4.98 Å². The van der Waals surface area contributed by atoms with Crippen molar-refractivity contribution in [1.29, 1.82) is 5.41 Å². The molecule has 1 aromatic rings. The number of thioether (sulfide) groups is 1. The molecule has 1 rings (SSSR count). The molecule has 0 aliphatic heterocycles. The summed E-state index contributed by atoms with van der Waals surface area (Å²) < 4.78 is 4.80. The second-order valence-electron chi connectivity index (χ2n) is 2.52. The molecular formula is C8H11N3O2S2. The second kappa shape index (κ2) is 5.72. The molecule has 0 saturated carbocycles. The lowest BCUT2D eigenvalue weighted by Gasteiger charge is -1.96. The van der Waals surface area contributed by atoms with Gasteiger partial charge in [-0.05, 0) is 6.92 Å². The molecule has 3 N–H and O–H groups in total. The first-order valence-electron chi connectivity index (χ1n) is 4.21. The van der Waals surface area contributed by atoms with Crippen LogP contribution in [-0.2, 0) is 10.5 Å². The first kappa shape index (κ1) is 12.0. The molecule has 15 heavy (non-hydrogen) atoms. The summed E-state index contributed by atoms with van der Waals surface area (Å²) in [6.45, 7) is 2.09. The van der Waals surface area contributed by atoms with Gasteiger partial charge in [0, 0.05) is 11.1 Å². The van der Waals surface area contributed by atoms with Crippen LogP contribution in [0.25, 0.3) is 0 Å². The molecular weight excluding hydrogens is 234 g/mol. The number of esters is 1. The maximum Gasteiger partial charge on any atom is 0.367 e. The van der Waals surface area contributed by atoms with Crippen LogP contribution in [0, 0.1) is 5.41 Å². The molecule has 1 aromatic heterocycles. The fourth-order valence-corrected chi connectivity index (χ4v) is 2.08. The van der Waals surface area contributed by atoms with Crippen LogP contribution in [0.1, 0.15) is 22.4 Å². The summed E-state index contributed by atoms with van der Waals surface area (Å²) >= 11 is 2.41. The van der Waals surface area contributed by atoms with Crippen LogP contribution in [0.4, 0.5) is 0 Å². The predicted molar refractivity (Wildman–Crippen MR) is 61.3 cm³/mol. The lowest BCUT2D eigenvalue weighted by molar-refractivity contribution is 0.0525. The van der Waals surface area contributed by atoms with Crippen molar-refractivity contribution in [3.8, 4) is 0 Å². The third-order valence-electron chi connectivity index (χ3n) is 1.38. The summed E-state index contributed by atoms with van der Waals surface area (Å²) in [4.78, 5) is 15.3. The molecule has 0 saturated heterocycles. The van der Waals surface area contributed by atoms with E-state index in [1.165, 1.54) is 23.1 Å². The fourth-order valence-electron chi connectivity index (χ4n) is 0.812. The van der Waals surface area contributed by atoms with E-state index in [4.69, 9.17) is 15.9 Å². The molecule has 0 atom stereocenters. The Kier molecular flexibility index (Phi) is 4.57. The van der Waals surface area contributed by atoms with E-state index in [1.54, 1.807) is 12.3 Å². The first-order valence-corrected chi connectivity index (χ1v) is 6.08. The molecule has 0 spiro atoms. The van der Waals surface area contributed by atoms with Crippen LogP contribution >= 0.6 is 23.1 Å². The minimum atomic E-state index is -0.401. The van der Waals surface area contributed by atoms with Crippen molar-refractivity contribution in [2.75, 3.05) is 6.61 Å². The van der Waals surface area contributed by atoms with Gasteiger partial charge in [-0.25, -0.2) is 9.78 Å². The average Bonchev–Trinajstić information content (AvgIpc) is 2.63. The zero-order valence-electron chi connectivity index (χ0n) is 8.15. The number of hydrogen-bond donors (Lipinski definition) is 2. The molecule has 0 amide bonds. The zero-order valence-corrected chi connectivity index (χ0v) is 9.78. The molecule has 0 aliphatic carbocycles. The maximum absolute atomic E-state index is 11.2. The molecule has 82 valence electrons. The van der Waals surface area contributed by atoms with E-state index in [0.717, 1.165) is 5.69 Å². The monoisotopic (exact) mass is 245 g/mol. The molecule has 0 aromatic carbocycles. The van der Waals surface area contributed by atoms with Gasteiger partial charge in [0.1, 0.15) is 0 Å². The normalized spacial score (nSPS) is 9.93. The highest BCUT2D eigenvalue weighted by molar-refractivity contribution is 8.13. The lowest BCUT2D eigenvalue weighted by atomic mass is 10.6. The molecule has 0 aliphatic rings. The van der Waals surface area contributed by atoms with Crippen molar-refractivity contribution in [3.63, 3.8) is 0 Å². The van der Waals surface area contributed by atoms with Crippen LogP contribution in [0.2, 0.25) is 0 Å². The maximum atomic E-state index is 11.2. The summed E-state index contributed by atoms with van der Waals surface area (Å²) in [6.07, 6.45) is 0. The van der Waals surface area contributed by atoms with Gasteiger partial charge in [0.05, 0.1) is 12.3 Å². The quantitative estimate of drug-likeness (QED) is 0.476. The summed E-state index contributed by atoms with van der Waals surface area (Å²) in [5.41, 5.74) is 5.92. The van der Waals surface area contributed by atoms with Crippen LogP contribution in [0.15, 0.2) is 5.38 Å². The van der Waals surface area contributed by atoms with Crippen LogP contribution < -0.4 is 5.73 Å². The summed E-state index contributed by atoms with van der Waals surface area (Å²) in [5.74, 6) is 0.104. The van der Waals surface area contributed by atoms with Gasteiger partial charge in [-0.3, -0.25) is 5.41 Å². The van der Waals surface area contributed by atoms with Crippen molar-refractivity contribution >= 4 is 34.2 Å². The van der Waals surface area contributed by atoms with E-state index in [0.29, 0.717) is 17.4 Å². The Morgan fingerprint density at radius 2 is 2.53 bits per heavy atom. The van der Waals surface area contributed by atoms with Crippen molar-refractivity contribution in [2.24, 2.45) is 5.73 Å². The summed E-state index contributed by atoms with van der Waals surface area (Å²) in [6, 6.07) is 0. The van der Waals surface area contributed by atoms with E-state index in [1.807, 2.05) is 0 Å². The SMILES string of the molecule is CCOC(=O)c1nc(CSC(=N)N)cs1. The largest absolute Gasteiger partial charge is 0.461 e. The van der Waals surface area contributed by atoms with E-state index in [-0.39, 0.29) is 5.17 Å². The Hall–Kier alpha value is -1.08. The number of carbonyl (C=O) groups is 1. The highest BCUT2D eigenvalue weighted by Gasteiger charge is 2.11. The Morgan fingerprint density at radius 1 is 1.80 bits per heavy atom. The number of rotatable bonds is 4. The van der Waals surface area contributed by atoms with Gasteiger partial charge in [-0.2, -0.15) is 0 Å². The van der Waals surface area contributed by atoms with E-state index in [9.17, 15) is 4.79 Å². The number of carbonyl (C=O) groups excluding carboxylic acids is 1. The minimum absolute atomic E-state index is 0.0423. The molecule has 7 heteroatoms. The molecule has 1 heterocycles. The second-order valence-corrected chi connectivity index (χ2v) is 4.39. The van der Waals surface area contributed by atoms with Gasteiger partial charge < -0.3 is 10.5 Å². The Balaban J connectivity index is 2.56.